The molecule has 0 aliphatic rings. The summed E-state index contributed by atoms with van der Waals surface area (Å²) in [5.74, 6) is -1.33. The van der Waals surface area contributed by atoms with E-state index in [0.717, 1.165) is 42.0 Å². The zero-order valence-corrected chi connectivity index (χ0v) is 19.0. The fourth-order valence-electron chi connectivity index (χ4n) is 3.55. The van der Waals surface area contributed by atoms with Crippen LogP contribution in [0.4, 0.5) is 8.78 Å². The highest BCUT2D eigenvalue weighted by molar-refractivity contribution is 5.91. The van der Waals surface area contributed by atoms with Gasteiger partial charge < -0.3 is 9.47 Å². The summed E-state index contributed by atoms with van der Waals surface area (Å²) in [6.07, 6.45) is 8.78. The molecule has 3 aromatic carbocycles. The largest absolute Gasteiger partial charge is 0.494 e. The van der Waals surface area contributed by atoms with Gasteiger partial charge in [0.2, 0.25) is 0 Å². The molecule has 0 amide bonds. The molecule has 0 bridgehead atoms. The number of benzene rings is 3. The predicted octanol–water partition coefficient (Wildman–Crippen LogP) is 7.98. The highest BCUT2D eigenvalue weighted by Crippen LogP contribution is 2.25. The van der Waals surface area contributed by atoms with Gasteiger partial charge in [0.15, 0.2) is 0 Å². The van der Waals surface area contributed by atoms with Crippen molar-refractivity contribution in [1.82, 2.24) is 0 Å². The zero-order chi connectivity index (χ0) is 23.5. The minimum Gasteiger partial charge on any atom is -0.494 e. The van der Waals surface area contributed by atoms with Gasteiger partial charge in [-0.15, -0.1) is 0 Å². The first-order chi connectivity index (χ1) is 16.0. The molecule has 0 spiro atoms. The number of carbonyl (C=O) groups excluding carboxylic acids is 1. The number of esters is 1. The van der Waals surface area contributed by atoms with Crippen molar-refractivity contribution in [3.8, 4) is 22.6 Å². The second-order valence-electron chi connectivity index (χ2n) is 8.07. The van der Waals surface area contributed by atoms with Crippen molar-refractivity contribution in [3.05, 3.63) is 83.9 Å². The van der Waals surface area contributed by atoms with Gasteiger partial charge in [-0.2, -0.15) is 0 Å². The molecule has 3 rings (SSSR count). The number of rotatable bonds is 12. The Kier molecular flexibility index (Phi) is 9.43. The van der Waals surface area contributed by atoms with Gasteiger partial charge in [-0.05, 0) is 53.9 Å². The Bertz CT molecular complexity index is 994. The second kappa shape index (κ2) is 12.7. The molecule has 3 aromatic rings. The van der Waals surface area contributed by atoms with E-state index in [4.69, 9.17) is 9.47 Å². The van der Waals surface area contributed by atoms with Crippen molar-refractivity contribution >= 4 is 5.97 Å². The van der Waals surface area contributed by atoms with E-state index in [1.807, 2.05) is 36.4 Å². The highest BCUT2D eigenvalue weighted by Gasteiger charge is 2.12. The van der Waals surface area contributed by atoms with Crippen LogP contribution in [0.15, 0.2) is 66.7 Å². The lowest BCUT2D eigenvalue weighted by Gasteiger charge is -2.09. The summed E-state index contributed by atoms with van der Waals surface area (Å²) in [7, 11) is 0. The lowest BCUT2D eigenvalue weighted by Crippen LogP contribution is -2.09. The Morgan fingerprint density at radius 1 is 0.697 bits per heavy atom. The average Bonchev–Trinajstić information content (AvgIpc) is 2.81. The highest BCUT2D eigenvalue weighted by atomic mass is 19.1. The van der Waals surface area contributed by atoms with Crippen LogP contribution in [-0.2, 0) is 0 Å². The predicted molar refractivity (Wildman–Crippen MR) is 127 cm³/mol. The van der Waals surface area contributed by atoms with E-state index in [2.05, 4.69) is 6.92 Å². The van der Waals surface area contributed by atoms with Gasteiger partial charge in [0.1, 0.15) is 23.1 Å². The molecule has 5 heteroatoms. The van der Waals surface area contributed by atoms with E-state index in [9.17, 15) is 13.6 Å². The van der Waals surface area contributed by atoms with Crippen molar-refractivity contribution < 1.29 is 23.0 Å². The quantitative estimate of drug-likeness (QED) is 0.159. The molecule has 174 valence electrons. The normalized spacial score (nSPS) is 10.8. The Labute approximate surface area is 194 Å². The maximum Gasteiger partial charge on any atom is 0.343 e. The van der Waals surface area contributed by atoms with Crippen LogP contribution in [0, 0.1) is 11.6 Å². The summed E-state index contributed by atoms with van der Waals surface area (Å²) in [5, 5.41) is 0. The van der Waals surface area contributed by atoms with Gasteiger partial charge in [0.25, 0.3) is 0 Å². The van der Waals surface area contributed by atoms with Gasteiger partial charge in [0, 0.05) is 6.07 Å². The summed E-state index contributed by atoms with van der Waals surface area (Å²) in [6, 6.07) is 17.4. The van der Waals surface area contributed by atoms with E-state index in [0.29, 0.717) is 11.8 Å². The molecule has 33 heavy (non-hydrogen) atoms. The summed E-state index contributed by atoms with van der Waals surface area (Å²) in [4.78, 5) is 12.1. The molecular formula is C28H30F2O3. The third-order valence-electron chi connectivity index (χ3n) is 5.37. The monoisotopic (exact) mass is 452 g/mol. The van der Waals surface area contributed by atoms with Crippen LogP contribution in [0.3, 0.4) is 0 Å². The molecule has 0 saturated heterocycles. The molecule has 3 nitrogen and oxygen atoms in total. The Hall–Kier alpha value is -3.21. The van der Waals surface area contributed by atoms with E-state index >= 15 is 0 Å². The zero-order valence-electron chi connectivity index (χ0n) is 19.0. The van der Waals surface area contributed by atoms with Crippen LogP contribution in [0.5, 0.6) is 11.5 Å². The molecule has 0 atom stereocenters. The van der Waals surface area contributed by atoms with Gasteiger partial charge in [0.05, 0.1) is 12.2 Å². The number of carbonyl (C=O) groups is 1. The Morgan fingerprint density at radius 2 is 1.21 bits per heavy atom. The number of hydrogen-bond donors (Lipinski definition) is 0. The fraction of sp³-hybridized carbons (Fsp3) is 0.321. The SMILES string of the molecule is CCCCCCCCCOc1ccc(-c2ccc(OC(=O)c3cc(F)cc(F)c3)cc2)cc1. The summed E-state index contributed by atoms with van der Waals surface area (Å²) in [6.45, 7) is 2.95. The third kappa shape index (κ3) is 8.01. The number of halogens is 2. The molecule has 0 aliphatic carbocycles. The number of ether oxygens (including phenoxy) is 2. The Balaban J connectivity index is 1.47. The number of unbranched alkanes of at least 4 members (excludes halogenated alkanes) is 6. The molecular weight excluding hydrogens is 422 g/mol. The van der Waals surface area contributed by atoms with E-state index in [-0.39, 0.29) is 5.56 Å². The van der Waals surface area contributed by atoms with Gasteiger partial charge in [-0.1, -0.05) is 69.7 Å². The van der Waals surface area contributed by atoms with Crippen LogP contribution >= 0.6 is 0 Å². The molecule has 0 aromatic heterocycles. The summed E-state index contributed by atoms with van der Waals surface area (Å²) in [5.41, 5.74) is 1.78. The Morgan fingerprint density at radius 3 is 1.79 bits per heavy atom. The van der Waals surface area contributed by atoms with Crippen molar-refractivity contribution in [2.75, 3.05) is 6.61 Å². The fourth-order valence-corrected chi connectivity index (χ4v) is 3.55. The van der Waals surface area contributed by atoms with Gasteiger partial charge >= 0.3 is 5.97 Å². The molecule has 0 fully saturated rings. The first-order valence-electron chi connectivity index (χ1n) is 11.6. The van der Waals surface area contributed by atoms with Crippen LogP contribution in [0.25, 0.3) is 11.1 Å². The van der Waals surface area contributed by atoms with Crippen LogP contribution < -0.4 is 9.47 Å². The molecule has 0 unspecified atom stereocenters. The van der Waals surface area contributed by atoms with Crippen LogP contribution in [0.1, 0.15) is 62.2 Å². The summed E-state index contributed by atoms with van der Waals surface area (Å²) < 4.78 is 37.6. The molecule has 0 saturated carbocycles. The van der Waals surface area contributed by atoms with Gasteiger partial charge in [-0.25, -0.2) is 13.6 Å². The van der Waals surface area contributed by atoms with Gasteiger partial charge in [-0.3, -0.25) is 0 Å². The lowest BCUT2D eigenvalue weighted by atomic mass is 10.1. The molecule has 0 aliphatic heterocycles. The molecule has 0 N–H and O–H groups in total. The maximum atomic E-state index is 13.3. The van der Waals surface area contributed by atoms with E-state index in [1.54, 1.807) is 12.1 Å². The van der Waals surface area contributed by atoms with Crippen LogP contribution in [0.2, 0.25) is 0 Å². The summed E-state index contributed by atoms with van der Waals surface area (Å²) >= 11 is 0. The molecule has 0 radical (unpaired) electrons. The maximum absolute atomic E-state index is 13.3. The van der Waals surface area contributed by atoms with E-state index in [1.165, 1.54) is 38.5 Å². The van der Waals surface area contributed by atoms with Crippen molar-refractivity contribution in [3.63, 3.8) is 0 Å². The smallest absolute Gasteiger partial charge is 0.343 e. The average molecular weight is 453 g/mol. The topological polar surface area (TPSA) is 35.5 Å². The minimum atomic E-state index is -0.827. The third-order valence-corrected chi connectivity index (χ3v) is 5.37. The first kappa shape index (κ1) is 24.4. The van der Waals surface area contributed by atoms with Crippen molar-refractivity contribution in [2.24, 2.45) is 0 Å². The standard InChI is InChI=1S/C28H30F2O3/c1-2-3-4-5-6-7-8-17-32-26-13-9-21(10-14-26)22-11-15-27(16-12-22)33-28(31)23-18-24(29)20-25(30)19-23/h9-16,18-20H,2-8,17H2,1H3. The van der Waals surface area contributed by atoms with Crippen molar-refractivity contribution in [1.29, 1.82) is 0 Å². The first-order valence-corrected chi connectivity index (χ1v) is 11.6. The second-order valence-corrected chi connectivity index (χ2v) is 8.07. The number of hydrogen-bond acceptors (Lipinski definition) is 3. The van der Waals surface area contributed by atoms with Crippen LogP contribution in [-0.4, -0.2) is 12.6 Å². The van der Waals surface area contributed by atoms with E-state index < -0.39 is 17.6 Å². The molecule has 0 heterocycles. The van der Waals surface area contributed by atoms with Crippen molar-refractivity contribution in [2.45, 2.75) is 51.9 Å². The minimum absolute atomic E-state index is 0.177. The lowest BCUT2D eigenvalue weighted by molar-refractivity contribution is 0.0733.